The van der Waals surface area contributed by atoms with Crippen LogP contribution in [0.3, 0.4) is 0 Å². The van der Waals surface area contributed by atoms with Gasteiger partial charge in [0, 0.05) is 14.1 Å². The highest BCUT2D eigenvalue weighted by atomic mass is 19.4. The molecule has 0 atom stereocenters. The first kappa shape index (κ1) is 14.8. The fraction of sp³-hybridized carbons (Fsp3) is 0.273. The van der Waals surface area contributed by atoms with Crippen LogP contribution in [0.25, 0.3) is 0 Å². The van der Waals surface area contributed by atoms with Gasteiger partial charge < -0.3 is 15.3 Å². The summed E-state index contributed by atoms with van der Waals surface area (Å²) in [5.74, 6) is -3.32. The van der Waals surface area contributed by atoms with E-state index < -0.39 is 18.1 Å². The summed E-state index contributed by atoms with van der Waals surface area (Å²) < 4.78 is 36.5. The van der Waals surface area contributed by atoms with E-state index in [4.69, 9.17) is 5.11 Å². The number of carbonyl (C=O) groups excluding carboxylic acids is 1. The van der Waals surface area contributed by atoms with Crippen LogP contribution in [0.5, 0.6) is 0 Å². The van der Waals surface area contributed by atoms with Crippen molar-refractivity contribution in [2.75, 3.05) is 24.3 Å². The Kier molecular flexibility index (Phi) is 4.03. The highest BCUT2D eigenvalue weighted by Gasteiger charge is 2.39. The first-order valence-corrected chi connectivity index (χ1v) is 5.05. The maximum absolute atomic E-state index is 12.2. The molecule has 1 aromatic carbocycles. The molecule has 1 aromatic rings. The Balaban J connectivity index is 3.14. The summed E-state index contributed by atoms with van der Waals surface area (Å²) >= 11 is 0. The average Bonchev–Trinajstić information content (AvgIpc) is 2.27. The molecule has 0 saturated heterocycles. The Morgan fingerprint density at radius 2 is 1.84 bits per heavy atom. The molecule has 0 heterocycles. The first-order valence-electron chi connectivity index (χ1n) is 5.05. The van der Waals surface area contributed by atoms with E-state index in [0.29, 0.717) is 0 Å². The highest BCUT2D eigenvalue weighted by Crippen LogP contribution is 2.27. The number of carbonyl (C=O) groups is 2. The molecule has 104 valence electrons. The first-order chi connectivity index (χ1) is 8.62. The van der Waals surface area contributed by atoms with E-state index in [9.17, 15) is 22.8 Å². The number of aromatic carboxylic acids is 1. The van der Waals surface area contributed by atoms with Gasteiger partial charge in [-0.15, -0.1) is 0 Å². The van der Waals surface area contributed by atoms with Gasteiger partial charge in [-0.1, -0.05) is 0 Å². The number of halogens is 3. The molecule has 0 saturated carbocycles. The lowest BCUT2D eigenvalue weighted by molar-refractivity contribution is -0.167. The van der Waals surface area contributed by atoms with Crippen LogP contribution >= 0.6 is 0 Å². The number of nitrogens with zero attached hydrogens (tertiary/aromatic N) is 1. The zero-order valence-electron chi connectivity index (χ0n) is 10.1. The quantitative estimate of drug-likeness (QED) is 0.885. The Bertz CT molecular complexity index is 512. The zero-order valence-corrected chi connectivity index (χ0v) is 10.1. The van der Waals surface area contributed by atoms with Crippen LogP contribution in [-0.4, -0.2) is 37.3 Å². The number of amides is 1. The number of alkyl halides is 3. The lowest BCUT2D eigenvalue weighted by Crippen LogP contribution is -2.30. The second kappa shape index (κ2) is 5.17. The molecule has 19 heavy (non-hydrogen) atoms. The smallest absolute Gasteiger partial charge is 0.471 e. The molecule has 1 amide bonds. The Hall–Kier alpha value is -2.25. The van der Waals surface area contributed by atoms with E-state index in [1.807, 2.05) is 0 Å². The predicted molar refractivity (Wildman–Crippen MR) is 62.4 cm³/mol. The summed E-state index contributed by atoms with van der Waals surface area (Å²) in [6.07, 6.45) is -5.00. The van der Waals surface area contributed by atoms with Crippen LogP contribution in [0.15, 0.2) is 18.2 Å². The lowest BCUT2D eigenvalue weighted by Gasteiger charge is -2.19. The zero-order chi connectivity index (χ0) is 14.8. The van der Waals surface area contributed by atoms with Crippen molar-refractivity contribution in [1.29, 1.82) is 0 Å². The second-order valence-corrected chi connectivity index (χ2v) is 3.88. The number of benzene rings is 1. The van der Waals surface area contributed by atoms with E-state index in [0.717, 1.165) is 12.1 Å². The van der Waals surface area contributed by atoms with Crippen molar-refractivity contribution < 1.29 is 27.9 Å². The maximum atomic E-state index is 12.2. The van der Waals surface area contributed by atoms with E-state index >= 15 is 0 Å². The minimum Gasteiger partial charge on any atom is -0.478 e. The number of nitrogens with one attached hydrogen (secondary N) is 1. The molecule has 0 aliphatic heterocycles. The molecule has 2 N–H and O–H groups in total. The molecule has 1 rings (SSSR count). The summed E-state index contributed by atoms with van der Waals surface area (Å²) in [4.78, 5) is 23.0. The van der Waals surface area contributed by atoms with Crippen LogP contribution in [-0.2, 0) is 4.79 Å². The van der Waals surface area contributed by atoms with E-state index in [-0.39, 0.29) is 16.9 Å². The number of carboxylic acid groups (broad SMARTS) is 1. The second-order valence-electron chi connectivity index (χ2n) is 3.88. The van der Waals surface area contributed by atoms with Crippen molar-refractivity contribution in [3.63, 3.8) is 0 Å². The molecule has 0 aromatic heterocycles. The fourth-order valence-corrected chi connectivity index (χ4v) is 1.33. The van der Waals surface area contributed by atoms with E-state index in [1.165, 1.54) is 25.1 Å². The van der Waals surface area contributed by atoms with Crippen molar-refractivity contribution in [1.82, 2.24) is 0 Å². The number of rotatable bonds is 3. The van der Waals surface area contributed by atoms with Crippen molar-refractivity contribution in [3.05, 3.63) is 23.8 Å². The standard InChI is InChI=1S/C11H11F3N2O3/c1-16(2)8-5-6(9(17)18)3-4-7(8)15-10(19)11(12,13)14/h3-5H,1-2H3,(H,15,19)(H,17,18). The van der Waals surface area contributed by atoms with Crippen molar-refractivity contribution in [2.24, 2.45) is 0 Å². The Morgan fingerprint density at radius 1 is 1.26 bits per heavy atom. The molecule has 0 unspecified atom stereocenters. The monoisotopic (exact) mass is 276 g/mol. The Morgan fingerprint density at radius 3 is 2.26 bits per heavy atom. The predicted octanol–water partition coefficient (Wildman–Crippen LogP) is 1.95. The van der Waals surface area contributed by atoms with Gasteiger partial charge in [-0.3, -0.25) is 4.79 Å². The van der Waals surface area contributed by atoms with Gasteiger partial charge in [-0.05, 0) is 18.2 Å². The molecule has 0 aliphatic rings. The minimum absolute atomic E-state index is 0.0892. The van der Waals surface area contributed by atoms with Gasteiger partial charge in [0.1, 0.15) is 0 Å². The van der Waals surface area contributed by atoms with Crippen LogP contribution in [0.1, 0.15) is 10.4 Å². The number of hydrogen-bond acceptors (Lipinski definition) is 3. The van der Waals surface area contributed by atoms with E-state index in [2.05, 4.69) is 0 Å². The van der Waals surface area contributed by atoms with Crippen LogP contribution in [0, 0.1) is 0 Å². The lowest BCUT2D eigenvalue weighted by atomic mass is 10.1. The van der Waals surface area contributed by atoms with Crippen LogP contribution < -0.4 is 10.2 Å². The van der Waals surface area contributed by atoms with Crippen LogP contribution in [0.2, 0.25) is 0 Å². The van der Waals surface area contributed by atoms with Crippen molar-refractivity contribution in [3.8, 4) is 0 Å². The highest BCUT2D eigenvalue weighted by molar-refractivity contribution is 5.99. The maximum Gasteiger partial charge on any atom is 0.471 e. The summed E-state index contributed by atoms with van der Waals surface area (Å²) in [6, 6.07) is 3.40. The summed E-state index contributed by atoms with van der Waals surface area (Å²) in [6.45, 7) is 0. The topological polar surface area (TPSA) is 69.6 Å². The minimum atomic E-state index is -5.00. The van der Waals surface area contributed by atoms with Gasteiger partial charge in [0.05, 0.1) is 16.9 Å². The third-order valence-corrected chi connectivity index (χ3v) is 2.23. The third-order valence-electron chi connectivity index (χ3n) is 2.23. The third kappa shape index (κ3) is 3.60. The molecule has 5 nitrogen and oxygen atoms in total. The fourth-order valence-electron chi connectivity index (χ4n) is 1.33. The normalized spacial score (nSPS) is 11.0. The van der Waals surface area contributed by atoms with Gasteiger partial charge in [0.15, 0.2) is 0 Å². The molecule has 0 bridgehead atoms. The number of carboxylic acids is 1. The van der Waals surface area contributed by atoms with Crippen LogP contribution in [0.4, 0.5) is 24.5 Å². The molecule has 0 aliphatic carbocycles. The van der Waals surface area contributed by atoms with Gasteiger partial charge >= 0.3 is 18.1 Å². The Labute approximate surface area is 106 Å². The average molecular weight is 276 g/mol. The summed E-state index contributed by atoms with van der Waals surface area (Å²) in [7, 11) is 3.04. The van der Waals surface area contributed by atoms with E-state index in [1.54, 1.807) is 5.32 Å². The largest absolute Gasteiger partial charge is 0.478 e. The summed E-state index contributed by atoms with van der Waals surface area (Å²) in [5.41, 5.74) is -0.0384. The SMILES string of the molecule is CN(C)c1cc(C(=O)O)ccc1NC(=O)C(F)(F)F. The molecule has 8 heteroatoms. The molecular weight excluding hydrogens is 265 g/mol. The molecule has 0 spiro atoms. The van der Waals surface area contributed by atoms with Gasteiger partial charge in [0.25, 0.3) is 0 Å². The molecule has 0 radical (unpaired) electrons. The van der Waals surface area contributed by atoms with Gasteiger partial charge in [-0.25, -0.2) is 4.79 Å². The van der Waals surface area contributed by atoms with Crippen molar-refractivity contribution in [2.45, 2.75) is 6.18 Å². The van der Waals surface area contributed by atoms with Gasteiger partial charge in [0.2, 0.25) is 0 Å². The molecule has 0 fully saturated rings. The van der Waals surface area contributed by atoms with Gasteiger partial charge in [-0.2, -0.15) is 13.2 Å². The number of hydrogen-bond donors (Lipinski definition) is 2. The summed E-state index contributed by atoms with van der Waals surface area (Å²) in [5, 5.41) is 10.5. The van der Waals surface area contributed by atoms with Crippen molar-refractivity contribution >= 4 is 23.3 Å². The molecular formula is C11H11F3N2O3. The number of anilines is 2.